The topological polar surface area (TPSA) is 29.9 Å². The fourth-order valence-electron chi connectivity index (χ4n) is 3.58. The van der Waals surface area contributed by atoms with Gasteiger partial charge in [-0.3, -0.25) is 0 Å². The predicted octanol–water partition coefficient (Wildman–Crippen LogP) is 5.85. The maximum atomic E-state index is 8.75. The Bertz CT molecular complexity index is 1520. The first-order chi connectivity index (χ1) is 16.9. The van der Waals surface area contributed by atoms with Gasteiger partial charge in [-0.05, 0) is 55.7 Å². The second kappa shape index (κ2) is 7.05. The molecule has 1 atom stereocenters. The molecule has 4 rings (SSSR count). The predicted molar refractivity (Wildman–Crippen MR) is 116 cm³/mol. The molecule has 28 heavy (non-hydrogen) atoms. The molecule has 3 aromatic heterocycles. The van der Waals surface area contributed by atoms with Crippen LogP contribution in [0, 0.1) is 19.7 Å². The summed E-state index contributed by atoms with van der Waals surface area (Å²) in [4.78, 5) is 4.59. The van der Waals surface area contributed by atoms with E-state index in [1.54, 1.807) is 11.6 Å². The first kappa shape index (κ1) is 10.8. The summed E-state index contributed by atoms with van der Waals surface area (Å²) in [6.07, 6.45) is -0.810. The number of aryl methyl sites for hydroxylation is 4. The Balaban J connectivity index is 2.09. The lowest BCUT2D eigenvalue weighted by Gasteiger charge is -2.11. The zero-order valence-electron chi connectivity index (χ0n) is 25.5. The van der Waals surface area contributed by atoms with Gasteiger partial charge in [0.25, 0.3) is 0 Å². The van der Waals surface area contributed by atoms with Crippen LogP contribution in [0.1, 0.15) is 55.4 Å². The minimum atomic E-state index is -3.02. The number of pyridine rings is 2. The van der Waals surface area contributed by atoms with Crippen molar-refractivity contribution in [2.75, 3.05) is 0 Å². The Morgan fingerprint density at radius 1 is 1.25 bits per heavy atom. The number of fused-ring (bicyclic) bond motifs is 3. The maximum absolute atomic E-state index is 8.75. The summed E-state index contributed by atoms with van der Waals surface area (Å²) in [6, 6.07) is 9.03. The quantitative estimate of drug-likeness (QED) is 0.414. The lowest BCUT2D eigenvalue weighted by atomic mass is 9.95. The van der Waals surface area contributed by atoms with Crippen molar-refractivity contribution in [1.82, 2.24) is 4.98 Å². The SMILES string of the molecule is [2H]C([2H])([2H])c1c[n+](C)c(-c2c(C)ccc3c2oc2nc(CC)ccc23)cc1C([2H])([2H])C([2H])(C)C([2H])([2H])[2H]. The van der Waals surface area contributed by atoms with Crippen LogP contribution in [-0.2, 0) is 19.8 Å². The van der Waals surface area contributed by atoms with Crippen molar-refractivity contribution in [3.63, 3.8) is 0 Å². The van der Waals surface area contributed by atoms with E-state index in [2.05, 4.69) is 4.98 Å². The molecule has 0 saturated heterocycles. The Labute approximate surface area is 179 Å². The van der Waals surface area contributed by atoms with Crippen molar-refractivity contribution in [2.45, 2.75) is 47.3 Å². The van der Waals surface area contributed by atoms with Crippen LogP contribution in [0.25, 0.3) is 33.3 Å². The van der Waals surface area contributed by atoms with Gasteiger partial charge in [0.1, 0.15) is 7.05 Å². The Morgan fingerprint density at radius 2 is 2.07 bits per heavy atom. The van der Waals surface area contributed by atoms with Gasteiger partial charge >= 0.3 is 0 Å². The van der Waals surface area contributed by atoms with Crippen LogP contribution in [0.5, 0.6) is 0 Å². The van der Waals surface area contributed by atoms with E-state index in [-0.39, 0.29) is 11.1 Å². The third-order valence-corrected chi connectivity index (χ3v) is 4.99. The Morgan fingerprint density at radius 3 is 2.82 bits per heavy atom. The fraction of sp³-hybridized carbons (Fsp3) is 0.360. The van der Waals surface area contributed by atoms with Crippen LogP contribution in [0.15, 0.2) is 40.9 Å². The van der Waals surface area contributed by atoms with Gasteiger partial charge in [-0.2, -0.15) is 0 Å². The highest BCUT2D eigenvalue weighted by Gasteiger charge is 2.22. The molecule has 144 valence electrons. The van der Waals surface area contributed by atoms with E-state index in [4.69, 9.17) is 16.8 Å². The molecule has 1 aromatic carbocycles. The molecule has 4 aromatic rings. The summed E-state index contributed by atoms with van der Waals surface area (Å²) in [5.74, 6) is -2.63. The number of aromatic nitrogens is 2. The van der Waals surface area contributed by atoms with Crippen molar-refractivity contribution >= 4 is 22.1 Å². The van der Waals surface area contributed by atoms with Gasteiger partial charge in [-0.25, -0.2) is 9.55 Å². The third kappa shape index (κ3) is 3.09. The first-order valence-corrected chi connectivity index (χ1v) is 9.28. The molecule has 3 heterocycles. The summed E-state index contributed by atoms with van der Waals surface area (Å²) < 4.78 is 81.3. The van der Waals surface area contributed by atoms with Crippen molar-refractivity contribution in [1.29, 1.82) is 0 Å². The Kier molecular flexibility index (Phi) is 2.71. The first-order valence-electron chi connectivity index (χ1n) is 13.8. The molecule has 3 nitrogen and oxygen atoms in total. The highest BCUT2D eigenvalue weighted by molar-refractivity contribution is 6.08. The van der Waals surface area contributed by atoms with Crippen LogP contribution in [0.3, 0.4) is 0 Å². The third-order valence-electron chi connectivity index (χ3n) is 4.99. The average molecular weight is 383 g/mol. The molecule has 0 aliphatic heterocycles. The van der Waals surface area contributed by atoms with E-state index in [1.807, 2.05) is 38.1 Å². The van der Waals surface area contributed by atoms with Gasteiger partial charge in [0.15, 0.2) is 11.8 Å². The van der Waals surface area contributed by atoms with Crippen LogP contribution >= 0.6 is 0 Å². The van der Waals surface area contributed by atoms with Crippen molar-refractivity contribution in [3.05, 3.63) is 58.9 Å². The van der Waals surface area contributed by atoms with Gasteiger partial charge in [0.05, 0.1) is 5.56 Å². The smallest absolute Gasteiger partial charge is 0.227 e. The van der Waals surface area contributed by atoms with Crippen molar-refractivity contribution in [3.8, 4) is 11.3 Å². The van der Waals surface area contributed by atoms with Gasteiger partial charge in [0.2, 0.25) is 11.4 Å². The van der Waals surface area contributed by atoms with E-state index in [0.717, 1.165) is 35.4 Å². The van der Waals surface area contributed by atoms with Crippen LogP contribution in [0.4, 0.5) is 0 Å². The largest absolute Gasteiger partial charge is 0.437 e. The molecule has 0 N–H and O–H groups in total. The second-order valence-electron chi connectivity index (χ2n) is 7.09. The molecular weight excluding hydrogens is 344 g/mol. The molecule has 1 unspecified atom stereocenters. The second-order valence-corrected chi connectivity index (χ2v) is 7.09. The minimum absolute atomic E-state index is 0.352. The summed E-state index contributed by atoms with van der Waals surface area (Å²) in [5.41, 5.74) is 2.92. The van der Waals surface area contributed by atoms with E-state index in [9.17, 15) is 0 Å². The number of furan rings is 1. The highest BCUT2D eigenvalue weighted by atomic mass is 16.3. The lowest BCUT2D eigenvalue weighted by Crippen LogP contribution is -2.32. The molecule has 0 aliphatic carbocycles. The van der Waals surface area contributed by atoms with Gasteiger partial charge in [-0.1, -0.05) is 32.8 Å². The molecule has 0 bridgehead atoms. The Hall–Kier alpha value is -2.68. The average Bonchev–Trinajstić information content (AvgIpc) is 3.15. The van der Waals surface area contributed by atoms with Gasteiger partial charge in [0, 0.05) is 40.4 Å². The van der Waals surface area contributed by atoms with E-state index < -0.39 is 26.0 Å². The zero-order valence-corrected chi connectivity index (χ0v) is 16.5. The molecule has 0 fully saturated rings. The molecule has 0 radical (unpaired) electrons. The van der Waals surface area contributed by atoms with Gasteiger partial charge < -0.3 is 4.42 Å². The molecule has 3 heteroatoms. The van der Waals surface area contributed by atoms with Crippen molar-refractivity contribution < 1.29 is 21.3 Å². The number of benzene rings is 1. The normalized spacial score (nSPS) is 20.1. The molecule has 0 spiro atoms. The molecular formula is C25H29N2O+. The van der Waals surface area contributed by atoms with Gasteiger partial charge in [-0.15, -0.1) is 0 Å². The zero-order chi connectivity index (χ0) is 27.7. The lowest BCUT2D eigenvalue weighted by molar-refractivity contribution is -0.660. The van der Waals surface area contributed by atoms with E-state index >= 15 is 0 Å². The maximum Gasteiger partial charge on any atom is 0.227 e. The summed E-state index contributed by atoms with van der Waals surface area (Å²) in [7, 11) is 1.64. The summed E-state index contributed by atoms with van der Waals surface area (Å²) >= 11 is 0. The van der Waals surface area contributed by atoms with Crippen molar-refractivity contribution in [2.24, 2.45) is 12.9 Å². The summed E-state index contributed by atoms with van der Waals surface area (Å²) in [6.45, 7) is -0.940. The fourth-order valence-corrected chi connectivity index (χ4v) is 3.58. The standard InChI is InChI=1S/C25H29N2O/c1-7-19-9-11-21-20-10-8-16(4)23(24(20)28-25(21)26-19)22-13-18(12-15(2)3)17(5)14-27(22)6/h8-11,13-15H,7,12H2,1-6H3/q+1/i2D3,5D3,12D2,15D. The van der Waals surface area contributed by atoms with E-state index in [0.29, 0.717) is 22.6 Å². The number of nitrogens with zero attached hydrogens (tertiary/aromatic N) is 2. The molecule has 0 aliphatic rings. The monoisotopic (exact) mass is 382 g/mol. The minimum Gasteiger partial charge on any atom is -0.437 e. The summed E-state index contributed by atoms with van der Waals surface area (Å²) in [5, 5.41) is 1.61. The van der Waals surface area contributed by atoms with Crippen LogP contribution in [0.2, 0.25) is 0 Å². The highest BCUT2D eigenvalue weighted by Crippen LogP contribution is 2.36. The number of hydrogen-bond acceptors (Lipinski definition) is 2. The van der Waals surface area contributed by atoms with E-state index in [1.165, 1.54) is 12.3 Å². The number of rotatable bonds is 4. The molecule has 0 amide bonds. The molecule has 0 saturated carbocycles. The van der Waals surface area contributed by atoms with Crippen LogP contribution in [-0.4, -0.2) is 4.98 Å². The number of hydrogen-bond donors (Lipinski definition) is 0. The van der Waals surface area contributed by atoms with Crippen LogP contribution < -0.4 is 4.57 Å².